The van der Waals surface area contributed by atoms with Crippen molar-refractivity contribution in [2.45, 2.75) is 32.1 Å². The number of aromatic nitrogens is 2. The van der Waals surface area contributed by atoms with Crippen molar-refractivity contribution >= 4 is 16.0 Å². The Morgan fingerprint density at radius 3 is 2.82 bits per heavy atom. The molecule has 1 aliphatic rings. The largest absolute Gasteiger partial charge is 0.368 e. The molecule has 0 spiro atoms. The van der Waals surface area contributed by atoms with Gasteiger partial charge in [-0.05, 0) is 25.8 Å². The van der Waals surface area contributed by atoms with E-state index < -0.39 is 15.3 Å². The van der Waals surface area contributed by atoms with E-state index in [-0.39, 0.29) is 5.95 Å². The lowest BCUT2D eigenvalue weighted by molar-refractivity contribution is 0.381. The van der Waals surface area contributed by atoms with Crippen molar-refractivity contribution in [3.8, 4) is 0 Å². The molecule has 0 amide bonds. The van der Waals surface area contributed by atoms with Crippen molar-refractivity contribution in [3.05, 3.63) is 17.5 Å². The van der Waals surface area contributed by atoms with Crippen LogP contribution in [0.25, 0.3) is 0 Å². The molecule has 0 bridgehead atoms. The molecule has 0 fully saturated rings. The second-order valence-corrected chi connectivity index (χ2v) is 6.87. The predicted octanol–water partition coefficient (Wildman–Crippen LogP) is 0.155. The van der Waals surface area contributed by atoms with Crippen LogP contribution in [0.2, 0.25) is 0 Å². The first-order valence-corrected chi connectivity index (χ1v) is 7.01. The van der Waals surface area contributed by atoms with Crippen LogP contribution in [-0.2, 0) is 23.0 Å². The number of hydrogen-bond acceptors (Lipinski definition) is 5. The Morgan fingerprint density at radius 2 is 2.18 bits per heavy atom. The lowest BCUT2D eigenvalue weighted by Gasteiger charge is -2.28. The summed E-state index contributed by atoms with van der Waals surface area (Å²) in [5.41, 5.74) is 7.20. The molecule has 1 aromatic rings. The molecule has 0 unspecified atom stereocenters. The van der Waals surface area contributed by atoms with E-state index in [0.29, 0.717) is 25.2 Å². The second kappa shape index (κ2) is 4.23. The lowest BCUT2D eigenvalue weighted by atomic mass is 10.1. The van der Waals surface area contributed by atoms with Crippen LogP contribution in [-0.4, -0.2) is 34.5 Å². The minimum Gasteiger partial charge on any atom is -0.368 e. The first kappa shape index (κ1) is 12.3. The zero-order valence-corrected chi connectivity index (χ0v) is 10.7. The van der Waals surface area contributed by atoms with Crippen molar-refractivity contribution < 1.29 is 8.42 Å². The highest BCUT2D eigenvalue weighted by molar-refractivity contribution is 7.89. The summed E-state index contributed by atoms with van der Waals surface area (Å²) < 4.78 is 25.5. The van der Waals surface area contributed by atoms with Gasteiger partial charge in [0.15, 0.2) is 0 Å². The average molecular weight is 256 g/mol. The fourth-order valence-corrected chi connectivity index (χ4v) is 3.05. The molecule has 2 rings (SSSR count). The molecule has 94 valence electrons. The number of sulfonamides is 1. The smallest absolute Gasteiger partial charge is 0.220 e. The maximum atomic E-state index is 12.0. The van der Waals surface area contributed by atoms with Gasteiger partial charge < -0.3 is 5.73 Å². The standard InChI is InChI=1S/C10H16N4O2S/c1-7(2)17(15,16)14-4-3-8-5-12-10(11)13-9(8)6-14/h5,7H,3-4,6H2,1-2H3,(H2,11,12,13). The fraction of sp³-hybridized carbons (Fsp3) is 0.600. The van der Waals surface area contributed by atoms with Crippen LogP contribution in [0.3, 0.4) is 0 Å². The molecule has 17 heavy (non-hydrogen) atoms. The lowest BCUT2D eigenvalue weighted by Crippen LogP contribution is -2.40. The van der Waals surface area contributed by atoms with Gasteiger partial charge in [-0.15, -0.1) is 0 Å². The normalized spacial score (nSPS) is 17.1. The Bertz CT molecular complexity index is 527. The number of fused-ring (bicyclic) bond motifs is 1. The summed E-state index contributed by atoms with van der Waals surface area (Å²) in [4.78, 5) is 8.01. The van der Waals surface area contributed by atoms with Gasteiger partial charge in [-0.1, -0.05) is 0 Å². The Morgan fingerprint density at radius 1 is 1.47 bits per heavy atom. The van der Waals surface area contributed by atoms with Gasteiger partial charge >= 0.3 is 0 Å². The third kappa shape index (κ3) is 2.25. The Balaban J connectivity index is 2.30. The SMILES string of the molecule is CC(C)S(=O)(=O)N1CCc2cnc(N)nc2C1. The molecule has 0 radical (unpaired) electrons. The number of nitrogens with zero attached hydrogens (tertiary/aromatic N) is 3. The summed E-state index contributed by atoms with van der Waals surface area (Å²) in [5.74, 6) is 0.188. The molecule has 2 N–H and O–H groups in total. The third-order valence-corrected chi connectivity index (χ3v) is 5.11. The number of hydrogen-bond donors (Lipinski definition) is 1. The van der Waals surface area contributed by atoms with Crippen LogP contribution in [0.4, 0.5) is 5.95 Å². The van der Waals surface area contributed by atoms with Gasteiger partial charge in [0, 0.05) is 12.7 Å². The molecule has 0 atom stereocenters. The summed E-state index contributed by atoms with van der Waals surface area (Å²) in [6.45, 7) is 4.14. The van der Waals surface area contributed by atoms with Crippen LogP contribution < -0.4 is 5.73 Å². The van der Waals surface area contributed by atoms with E-state index in [9.17, 15) is 8.42 Å². The second-order valence-electron chi connectivity index (χ2n) is 4.38. The van der Waals surface area contributed by atoms with Crippen LogP contribution in [0.1, 0.15) is 25.1 Å². The van der Waals surface area contributed by atoms with Gasteiger partial charge in [0.2, 0.25) is 16.0 Å². The molecule has 6 nitrogen and oxygen atoms in total. The highest BCUT2D eigenvalue weighted by Gasteiger charge is 2.29. The van der Waals surface area contributed by atoms with E-state index >= 15 is 0 Å². The third-order valence-electron chi connectivity index (χ3n) is 2.89. The van der Waals surface area contributed by atoms with E-state index in [4.69, 9.17) is 5.73 Å². The minimum absolute atomic E-state index is 0.188. The highest BCUT2D eigenvalue weighted by Crippen LogP contribution is 2.21. The van der Waals surface area contributed by atoms with Gasteiger partial charge in [0.25, 0.3) is 0 Å². The zero-order chi connectivity index (χ0) is 12.6. The summed E-state index contributed by atoms with van der Waals surface area (Å²) in [7, 11) is -3.22. The van der Waals surface area contributed by atoms with Crippen molar-refractivity contribution in [2.75, 3.05) is 12.3 Å². The van der Waals surface area contributed by atoms with Crippen molar-refractivity contribution in [2.24, 2.45) is 0 Å². The summed E-state index contributed by atoms with van der Waals surface area (Å²) >= 11 is 0. The first-order chi connectivity index (χ1) is 7.91. The van der Waals surface area contributed by atoms with E-state index in [1.54, 1.807) is 20.0 Å². The molecule has 2 heterocycles. The van der Waals surface area contributed by atoms with Crippen LogP contribution >= 0.6 is 0 Å². The van der Waals surface area contributed by atoms with E-state index in [1.165, 1.54) is 4.31 Å². The van der Waals surface area contributed by atoms with E-state index in [1.807, 2.05) is 0 Å². The number of nitrogen functional groups attached to an aromatic ring is 1. The fourth-order valence-electron chi connectivity index (χ4n) is 1.81. The zero-order valence-electron chi connectivity index (χ0n) is 9.92. The Hall–Kier alpha value is -1.21. The summed E-state index contributed by atoms with van der Waals surface area (Å²) in [6.07, 6.45) is 2.32. The van der Waals surface area contributed by atoms with Gasteiger partial charge in [-0.3, -0.25) is 0 Å². The number of nitrogens with two attached hydrogens (primary N) is 1. The number of rotatable bonds is 2. The van der Waals surface area contributed by atoms with Crippen LogP contribution in [0, 0.1) is 0 Å². The van der Waals surface area contributed by atoms with E-state index in [0.717, 1.165) is 5.56 Å². The molecule has 7 heteroatoms. The van der Waals surface area contributed by atoms with Crippen molar-refractivity contribution in [1.29, 1.82) is 0 Å². The quantitative estimate of drug-likeness (QED) is 0.814. The van der Waals surface area contributed by atoms with Crippen LogP contribution in [0.5, 0.6) is 0 Å². The first-order valence-electron chi connectivity index (χ1n) is 5.50. The maximum absolute atomic E-state index is 12.0. The van der Waals surface area contributed by atoms with Gasteiger partial charge in [-0.2, -0.15) is 4.31 Å². The van der Waals surface area contributed by atoms with Crippen LogP contribution in [0.15, 0.2) is 6.20 Å². The molecule has 0 saturated carbocycles. The van der Waals surface area contributed by atoms with Gasteiger partial charge in [-0.25, -0.2) is 18.4 Å². The topological polar surface area (TPSA) is 89.2 Å². The molecule has 0 aliphatic carbocycles. The van der Waals surface area contributed by atoms with Gasteiger partial charge in [0.05, 0.1) is 17.5 Å². The van der Waals surface area contributed by atoms with Crippen molar-refractivity contribution in [3.63, 3.8) is 0 Å². The summed E-state index contributed by atoms with van der Waals surface area (Å²) in [5, 5.41) is -0.414. The molecule has 0 saturated heterocycles. The van der Waals surface area contributed by atoms with Gasteiger partial charge in [0.1, 0.15) is 0 Å². The number of anilines is 1. The highest BCUT2D eigenvalue weighted by atomic mass is 32.2. The molecule has 0 aromatic carbocycles. The minimum atomic E-state index is -3.22. The average Bonchev–Trinajstić information content (AvgIpc) is 2.27. The molecular weight excluding hydrogens is 240 g/mol. The molecule has 1 aromatic heterocycles. The Labute approximate surface area is 101 Å². The Kier molecular flexibility index (Phi) is 3.05. The predicted molar refractivity (Wildman–Crippen MR) is 64.6 cm³/mol. The van der Waals surface area contributed by atoms with E-state index in [2.05, 4.69) is 9.97 Å². The monoisotopic (exact) mass is 256 g/mol. The summed E-state index contributed by atoms with van der Waals surface area (Å²) in [6, 6.07) is 0. The molecular formula is C10H16N4O2S. The van der Waals surface area contributed by atoms with Crippen molar-refractivity contribution in [1.82, 2.24) is 14.3 Å². The molecule has 1 aliphatic heterocycles. The maximum Gasteiger partial charge on any atom is 0.220 e.